The largest absolute Gasteiger partial charge is 0.339 e. The van der Waals surface area contributed by atoms with E-state index in [1.54, 1.807) is 0 Å². The van der Waals surface area contributed by atoms with Crippen molar-refractivity contribution < 1.29 is 4.79 Å². The molecule has 4 nitrogen and oxygen atoms in total. The van der Waals surface area contributed by atoms with E-state index in [1.165, 1.54) is 11.1 Å². The maximum Gasteiger partial charge on any atom is 0.223 e. The Bertz CT molecular complexity index is 1400. The molecule has 0 aliphatic heterocycles. The van der Waals surface area contributed by atoms with Crippen LogP contribution in [-0.4, -0.2) is 27.4 Å². The lowest BCUT2D eigenvalue weighted by Gasteiger charge is -2.28. The van der Waals surface area contributed by atoms with Crippen LogP contribution < -0.4 is 0 Å². The molecule has 4 heteroatoms. The average molecular weight is 488 g/mol. The molecular formula is C33H33N3O. The third-order valence-corrected chi connectivity index (χ3v) is 7.28. The molecule has 5 aromatic rings. The lowest BCUT2D eigenvalue weighted by Crippen LogP contribution is -2.32. The topological polar surface area (TPSA) is 38.1 Å². The Morgan fingerprint density at radius 1 is 0.784 bits per heavy atom. The Morgan fingerprint density at radius 2 is 1.35 bits per heavy atom. The van der Waals surface area contributed by atoms with E-state index in [-0.39, 0.29) is 17.9 Å². The van der Waals surface area contributed by atoms with Crippen molar-refractivity contribution in [1.82, 2.24) is 14.5 Å². The highest BCUT2D eigenvalue weighted by Crippen LogP contribution is 2.25. The number of carbonyl (C=O) groups is 1. The van der Waals surface area contributed by atoms with Gasteiger partial charge in [0.05, 0.1) is 17.1 Å². The molecule has 1 atom stereocenters. The Labute approximate surface area is 219 Å². The van der Waals surface area contributed by atoms with Crippen LogP contribution in [0.1, 0.15) is 36.1 Å². The standard InChI is InChI=1S/C33H33N3O/c1-25(29-17-19-30(20-18-29)36-24-34-31-15-9-10-16-32(31)36)35(2)33(37)23-28(21-26-11-5-3-6-12-26)22-27-13-7-4-8-14-27/h3-20,24-25,28H,21-23H2,1-2H3. The molecule has 0 aliphatic carbocycles. The molecule has 5 rings (SSSR count). The van der Waals surface area contributed by atoms with Crippen LogP contribution in [0.4, 0.5) is 0 Å². The number of fused-ring (bicyclic) bond motifs is 1. The summed E-state index contributed by atoms with van der Waals surface area (Å²) in [7, 11) is 1.92. The molecule has 186 valence electrons. The number of carbonyl (C=O) groups excluding carboxylic acids is 1. The molecule has 1 amide bonds. The number of amides is 1. The molecule has 37 heavy (non-hydrogen) atoms. The first-order chi connectivity index (χ1) is 18.1. The smallest absolute Gasteiger partial charge is 0.223 e. The molecule has 0 saturated carbocycles. The molecule has 0 fully saturated rings. The van der Waals surface area contributed by atoms with Gasteiger partial charge in [-0.15, -0.1) is 0 Å². The fourth-order valence-electron chi connectivity index (χ4n) is 5.02. The van der Waals surface area contributed by atoms with Gasteiger partial charge in [-0.3, -0.25) is 9.36 Å². The van der Waals surface area contributed by atoms with Gasteiger partial charge in [0.2, 0.25) is 5.91 Å². The van der Waals surface area contributed by atoms with Crippen molar-refractivity contribution >= 4 is 16.9 Å². The summed E-state index contributed by atoms with van der Waals surface area (Å²) in [6.07, 6.45) is 4.15. The van der Waals surface area contributed by atoms with Gasteiger partial charge in [-0.25, -0.2) is 4.98 Å². The van der Waals surface area contributed by atoms with E-state index in [0.29, 0.717) is 6.42 Å². The van der Waals surface area contributed by atoms with Crippen molar-refractivity contribution in [2.45, 2.75) is 32.2 Å². The van der Waals surface area contributed by atoms with Crippen molar-refractivity contribution in [2.24, 2.45) is 5.92 Å². The predicted octanol–water partition coefficient (Wildman–Crippen LogP) is 7.04. The molecule has 0 bridgehead atoms. The Balaban J connectivity index is 1.28. The van der Waals surface area contributed by atoms with Gasteiger partial charge in [0.15, 0.2) is 0 Å². The fraction of sp³-hybridized carbons (Fsp3) is 0.212. The second-order valence-electron chi connectivity index (χ2n) is 9.83. The van der Waals surface area contributed by atoms with Crippen molar-refractivity contribution in [2.75, 3.05) is 7.05 Å². The number of hydrogen-bond acceptors (Lipinski definition) is 2. The Kier molecular flexibility index (Phi) is 7.46. The zero-order chi connectivity index (χ0) is 25.6. The second-order valence-corrected chi connectivity index (χ2v) is 9.83. The second kappa shape index (κ2) is 11.3. The van der Waals surface area contributed by atoms with Gasteiger partial charge in [-0.05, 0) is 66.6 Å². The van der Waals surface area contributed by atoms with Crippen molar-refractivity contribution in [3.05, 3.63) is 132 Å². The van der Waals surface area contributed by atoms with Crippen LogP contribution >= 0.6 is 0 Å². The lowest BCUT2D eigenvalue weighted by atomic mass is 9.89. The van der Waals surface area contributed by atoms with Crippen LogP contribution in [0, 0.1) is 5.92 Å². The number of benzene rings is 4. The first kappa shape index (κ1) is 24.5. The van der Waals surface area contributed by atoms with E-state index in [9.17, 15) is 4.79 Å². The molecule has 0 aliphatic rings. The number of aromatic nitrogens is 2. The summed E-state index contributed by atoms with van der Waals surface area (Å²) < 4.78 is 2.09. The van der Waals surface area contributed by atoms with E-state index in [1.807, 2.05) is 48.6 Å². The molecule has 1 heterocycles. The summed E-state index contributed by atoms with van der Waals surface area (Å²) >= 11 is 0. The Morgan fingerprint density at radius 3 is 1.97 bits per heavy atom. The monoisotopic (exact) mass is 487 g/mol. The lowest BCUT2D eigenvalue weighted by molar-refractivity contribution is -0.132. The third-order valence-electron chi connectivity index (χ3n) is 7.28. The number of para-hydroxylation sites is 2. The van der Waals surface area contributed by atoms with Crippen LogP contribution in [0.25, 0.3) is 16.7 Å². The number of imidazole rings is 1. The molecule has 0 saturated heterocycles. The minimum Gasteiger partial charge on any atom is -0.339 e. The highest BCUT2D eigenvalue weighted by atomic mass is 16.2. The summed E-state index contributed by atoms with van der Waals surface area (Å²) in [5.41, 5.74) is 6.78. The van der Waals surface area contributed by atoms with Crippen LogP contribution in [0.3, 0.4) is 0 Å². The maximum absolute atomic E-state index is 13.5. The zero-order valence-electron chi connectivity index (χ0n) is 21.5. The minimum atomic E-state index is -0.0184. The van der Waals surface area contributed by atoms with Crippen LogP contribution in [0.15, 0.2) is 116 Å². The average Bonchev–Trinajstić information content (AvgIpc) is 3.38. The summed E-state index contributed by atoms with van der Waals surface area (Å²) in [4.78, 5) is 19.9. The fourth-order valence-corrected chi connectivity index (χ4v) is 5.02. The van der Waals surface area contributed by atoms with Gasteiger partial charge in [-0.2, -0.15) is 0 Å². The van der Waals surface area contributed by atoms with Crippen molar-refractivity contribution in [3.8, 4) is 5.69 Å². The predicted molar refractivity (Wildman–Crippen MR) is 151 cm³/mol. The number of hydrogen-bond donors (Lipinski definition) is 0. The molecule has 0 spiro atoms. The Hall–Kier alpha value is -4.18. The number of rotatable bonds is 9. The van der Waals surface area contributed by atoms with Crippen LogP contribution in [-0.2, 0) is 17.6 Å². The summed E-state index contributed by atoms with van der Waals surface area (Å²) in [5.74, 6) is 0.415. The van der Waals surface area contributed by atoms with Gasteiger partial charge in [0, 0.05) is 19.2 Å². The molecular weight excluding hydrogens is 454 g/mol. The summed E-state index contributed by atoms with van der Waals surface area (Å²) in [6, 6.07) is 37.5. The molecule has 4 aromatic carbocycles. The van der Waals surface area contributed by atoms with Crippen molar-refractivity contribution in [1.29, 1.82) is 0 Å². The maximum atomic E-state index is 13.5. The molecule has 1 aromatic heterocycles. The zero-order valence-corrected chi connectivity index (χ0v) is 21.5. The quantitative estimate of drug-likeness (QED) is 0.224. The van der Waals surface area contributed by atoms with E-state index >= 15 is 0 Å². The highest BCUT2D eigenvalue weighted by Gasteiger charge is 2.22. The number of nitrogens with zero attached hydrogens (tertiary/aromatic N) is 3. The molecule has 0 radical (unpaired) electrons. The first-order valence-corrected chi connectivity index (χ1v) is 12.9. The van der Waals surface area contributed by atoms with Crippen LogP contribution in [0.2, 0.25) is 0 Å². The minimum absolute atomic E-state index is 0.0184. The molecule has 1 unspecified atom stereocenters. The highest BCUT2D eigenvalue weighted by molar-refractivity contribution is 5.77. The normalized spacial score (nSPS) is 12.1. The van der Waals surface area contributed by atoms with E-state index in [2.05, 4.69) is 95.3 Å². The van der Waals surface area contributed by atoms with Gasteiger partial charge >= 0.3 is 0 Å². The van der Waals surface area contributed by atoms with E-state index < -0.39 is 0 Å². The third kappa shape index (κ3) is 5.80. The van der Waals surface area contributed by atoms with E-state index in [4.69, 9.17) is 0 Å². The van der Waals surface area contributed by atoms with Crippen molar-refractivity contribution in [3.63, 3.8) is 0 Å². The summed E-state index contributed by atoms with van der Waals surface area (Å²) in [6.45, 7) is 2.10. The van der Waals surface area contributed by atoms with Gasteiger partial charge in [-0.1, -0.05) is 84.9 Å². The SMILES string of the molecule is CC(c1ccc(-n2cnc3ccccc32)cc1)N(C)C(=O)CC(Cc1ccccc1)Cc1ccccc1. The van der Waals surface area contributed by atoms with E-state index in [0.717, 1.165) is 35.1 Å². The van der Waals surface area contributed by atoms with Gasteiger partial charge < -0.3 is 4.90 Å². The van der Waals surface area contributed by atoms with Gasteiger partial charge in [0.25, 0.3) is 0 Å². The first-order valence-electron chi connectivity index (χ1n) is 12.9. The summed E-state index contributed by atoms with van der Waals surface area (Å²) in [5, 5.41) is 0. The molecule has 0 N–H and O–H groups in total. The van der Waals surface area contributed by atoms with Crippen LogP contribution in [0.5, 0.6) is 0 Å². The van der Waals surface area contributed by atoms with Gasteiger partial charge in [0.1, 0.15) is 6.33 Å².